The van der Waals surface area contributed by atoms with Crippen molar-refractivity contribution in [2.45, 2.75) is 84.5 Å². The predicted molar refractivity (Wildman–Crippen MR) is 185 cm³/mol. The summed E-state index contributed by atoms with van der Waals surface area (Å²) in [5.41, 5.74) is 5.90. The highest BCUT2D eigenvalue weighted by Crippen LogP contribution is 2.51. The molecule has 1 saturated carbocycles. The molecule has 48 heavy (non-hydrogen) atoms. The molecule has 9 heteroatoms. The van der Waals surface area contributed by atoms with E-state index in [1.807, 2.05) is 39.8 Å². The normalized spacial score (nSPS) is 18.8. The number of aliphatic carboxylic acids is 1. The van der Waals surface area contributed by atoms with E-state index in [0.717, 1.165) is 72.8 Å². The van der Waals surface area contributed by atoms with E-state index in [1.165, 1.54) is 31.4 Å². The van der Waals surface area contributed by atoms with Crippen LogP contribution in [0, 0.1) is 18.2 Å². The largest absolute Gasteiger partial charge is 0.493 e. The molecule has 1 unspecified atom stereocenters. The van der Waals surface area contributed by atoms with E-state index >= 15 is 0 Å². The molecule has 258 valence electrons. The number of aryl methyl sites for hydroxylation is 1. The van der Waals surface area contributed by atoms with Gasteiger partial charge in [-0.2, -0.15) is 0 Å². The lowest BCUT2D eigenvalue weighted by molar-refractivity contribution is -0.160. The summed E-state index contributed by atoms with van der Waals surface area (Å²) in [5, 5.41) is 10.6. The Bertz CT molecular complexity index is 1550. The second-order valence-electron chi connectivity index (χ2n) is 14.7. The fourth-order valence-electron chi connectivity index (χ4n) is 7.42. The third-order valence-electron chi connectivity index (χ3n) is 10.2. The second kappa shape index (κ2) is 14.5. The first-order valence-corrected chi connectivity index (χ1v) is 17.5. The number of piperidine rings is 1. The quantitative estimate of drug-likeness (QED) is 0.229. The number of morpholine rings is 1. The molecule has 1 atom stereocenters. The van der Waals surface area contributed by atoms with Gasteiger partial charge in [0.15, 0.2) is 6.10 Å². The van der Waals surface area contributed by atoms with Crippen molar-refractivity contribution in [1.29, 1.82) is 0 Å². The van der Waals surface area contributed by atoms with Crippen LogP contribution in [0.1, 0.15) is 81.5 Å². The molecule has 2 saturated heterocycles. The molecule has 0 amide bonds. The van der Waals surface area contributed by atoms with Crippen molar-refractivity contribution in [3.8, 4) is 16.9 Å². The Kier molecular flexibility index (Phi) is 10.4. The van der Waals surface area contributed by atoms with Crippen LogP contribution in [-0.4, -0.2) is 72.6 Å². The van der Waals surface area contributed by atoms with Crippen molar-refractivity contribution in [1.82, 2.24) is 9.88 Å². The first-order valence-electron chi connectivity index (χ1n) is 17.5. The van der Waals surface area contributed by atoms with Gasteiger partial charge in [0.25, 0.3) is 0 Å². The van der Waals surface area contributed by atoms with E-state index in [2.05, 4.69) is 21.9 Å². The summed E-state index contributed by atoms with van der Waals surface area (Å²) >= 11 is 0. The van der Waals surface area contributed by atoms with Gasteiger partial charge in [0.05, 0.1) is 36.8 Å². The van der Waals surface area contributed by atoms with Crippen molar-refractivity contribution in [3.63, 3.8) is 0 Å². The minimum Gasteiger partial charge on any atom is -0.493 e. The highest BCUT2D eigenvalue weighted by atomic mass is 19.1. The highest BCUT2D eigenvalue weighted by Gasteiger charge is 2.42. The Morgan fingerprint density at radius 3 is 2.25 bits per heavy atom. The molecule has 1 aliphatic carbocycles. The van der Waals surface area contributed by atoms with Gasteiger partial charge in [-0.1, -0.05) is 30.7 Å². The van der Waals surface area contributed by atoms with E-state index < -0.39 is 17.7 Å². The van der Waals surface area contributed by atoms with E-state index in [1.54, 1.807) is 12.1 Å². The third-order valence-corrected chi connectivity index (χ3v) is 10.2. The Balaban J connectivity index is 1.41. The van der Waals surface area contributed by atoms with Crippen LogP contribution in [0.3, 0.4) is 0 Å². The fraction of sp³-hybridized carbons (Fsp3) is 0.538. The monoisotopic (exact) mass is 659 g/mol. The third kappa shape index (κ3) is 8.01. The van der Waals surface area contributed by atoms with Crippen molar-refractivity contribution >= 4 is 11.7 Å². The number of anilines is 1. The number of carboxylic acid groups (broad SMARTS) is 1. The molecule has 2 aliphatic heterocycles. The molecule has 3 aliphatic rings. The number of halogens is 1. The van der Waals surface area contributed by atoms with Gasteiger partial charge in [-0.05, 0) is 94.2 Å². The van der Waals surface area contributed by atoms with Crippen LogP contribution in [0.4, 0.5) is 10.1 Å². The van der Waals surface area contributed by atoms with E-state index in [9.17, 15) is 14.3 Å². The lowest BCUT2D eigenvalue weighted by Gasteiger charge is -2.49. The number of benzene rings is 2. The standard InChI is InChI=1S/C39H50FN3O5/c1-27-33(36(37(44)45)48-38(2,3)4)35(43-19-17-39(18-20-43)15-5-16-39)34(32(41-27)26-42-21-24-46-25-22-42)29-8-12-31(13-9-29)47-23-14-28-6-10-30(40)11-7-28/h6-13,36H,5,14-26H2,1-4H3,(H,44,45). The minimum atomic E-state index is -1.17. The summed E-state index contributed by atoms with van der Waals surface area (Å²) in [5.74, 6) is -0.523. The fourth-order valence-corrected chi connectivity index (χ4v) is 7.42. The molecule has 0 bridgehead atoms. The van der Waals surface area contributed by atoms with Crippen LogP contribution in [0.2, 0.25) is 0 Å². The molecule has 2 aromatic carbocycles. The zero-order valence-electron chi connectivity index (χ0n) is 28.9. The van der Waals surface area contributed by atoms with Gasteiger partial charge < -0.3 is 24.2 Å². The molecule has 3 heterocycles. The summed E-state index contributed by atoms with van der Waals surface area (Å²) < 4.78 is 31.4. The number of carbonyl (C=O) groups is 1. The average Bonchev–Trinajstić information content (AvgIpc) is 3.04. The highest BCUT2D eigenvalue weighted by molar-refractivity contribution is 5.88. The number of rotatable bonds is 11. The van der Waals surface area contributed by atoms with E-state index in [-0.39, 0.29) is 5.82 Å². The van der Waals surface area contributed by atoms with E-state index in [4.69, 9.17) is 19.2 Å². The van der Waals surface area contributed by atoms with Gasteiger partial charge in [-0.15, -0.1) is 0 Å². The molecule has 0 radical (unpaired) electrons. The average molecular weight is 660 g/mol. The molecule has 3 fully saturated rings. The maximum atomic E-state index is 13.3. The topological polar surface area (TPSA) is 84.4 Å². The number of pyridine rings is 1. The Hall–Kier alpha value is -3.53. The Labute approximate surface area is 284 Å². The summed E-state index contributed by atoms with van der Waals surface area (Å²) in [6.45, 7) is 13.5. The summed E-state index contributed by atoms with van der Waals surface area (Å²) in [6.07, 6.45) is 5.57. The lowest BCUT2D eigenvalue weighted by Crippen LogP contribution is -2.44. The smallest absolute Gasteiger partial charge is 0.337 e. The first-order chi connectivity index (χ1) is 23.0. The first kappa shape index (κ1) is 34.3. The zero-order valence-corrected chi connectivity index (χ0v) is 28.9. The van der Waals surface area contributed by atoms with Crippen LogP contribution >= 0.6 is 0 Å². The Morgan fingerprint density at radius 1 is 1.00 bits per heavy atom. The van der Waals surface area contributed by atoms with Crippen LogP contribution < -0.4 is 9.64 Å². The maximum absolute atomic E-state index is 13.3. The van der Waals surface area contributed by atoms with Crippen molar-refractivity contribution in [2.75, 3.05) is 50.9 Å². The van der Waals surface area contributed by atoms with Gasteiger partial charge in [0.2, 0.25) is 0 Å². The van der Waals surface area contributed by atoms with Gasteiger partial charge in [0.1, 0.15) is 11.6 Å². The van der Waals surface area contributed by atoms with E-state index in [0.29, 0.717) is 49.5 Å². The second-order valence-corrected chi connectivity index (χ2v) is 14.7. The number of ether oxygens (including phenoxy) is 3. The van der Waals surface area contributed by atoms with Crippen LogP contribution in [0.15, 0.2) is 48.5 Å². The predicted octanol–water partition coefficient (Wildman–Crippen LogP) is 7.36. The van der Waals surface area contributed by atoms with Gasteiger partial charge in [-0.3, -0.25) is 9.88 Å². The minimum absolute atomic E-state index is 0.247. The van der Waals surface area contributed by atoms with Crippen molar-refractivity contribution in [2.24, 2.45) is 5.41 Å². The summed E-state index contributed by atoms with van der Waals surface area (Å²) in [7, 11) is 0. The Morgan fingerprint density at radius 2 is 1.67 bits per heavy atom. The number of hydrogen-bond acceptors (Lipinski definition) is 7. The van der Waals surface area contributed by atoms with Gasteiger partial charge in [-0.25, -0.2) is 9.18 Å². The number of hydrogen-bond donors (Lipinski definition) is 1. The van der Waals surface area contributed by atoms with Crippen LogP contribution in [0.5, 0.6) is 5.75 Å². The van der Waals surface area contributed by atoms with Crippen molar-refractivity contribution < 1.29 is 28.5 Å². The molecule has 6 rings (SSSR count). The molecule has 1 aromatic heterocycles. The number of aromatic nitrogens is 1. The van der Waals surface area contributed by atoms with Gasteiger partial charge in [0, 0.05) is 56.0 Å². The molecule has 3 aromatic rings. The molecule has 1 N–H and O–H groups in total. The number of carboxylic acids is 1. The summed E-state index contributed by atoms with van der Waals surface area (Å²) in [4.78, 5) is 23.0. The summed E-state index contributed by atoms with van der Waals surface area (Å²) in [6, 6.07) is 14.6. The molecular formula is C39H50FN3O5. The zero-order chi connectivity index (χ0) is 33.9. The molecular weight excluding hydrogens is 609 g/mol. The number of nitrogens with zero attached hydrogens (tertiary/aromatic N) is 3. The molecule has 8 nitrogen and oxygen atoms in total. The SMILES string of the molecule is Cc1nc(CN2CCOCC2)c(-c2ccc(OCCc3ccc(F)cc3)cc2)c(N2CCC3(CCC3)CC2)c1C(OC(C)(C)C)C(=O)O. The van der Waals surface area contributed by atoms with Crippen LogP contribution in [0.25, 0.3) is 11.1 Å². The molecule has 1 spiro atoms. The van der Waals surface area contributed by atoms with Crippen LogP contribution in [-0.2, 0) is 27.2 Å². The van der Waals surface area contributed by atoms with Crippen molar-refractivity contribution in [3.05, 3.63) is 76.9 Å². The maximum Gasteiger partial charge on any atom is 0.337 e. The lowest BCUT2D eigenvalue weighted by atomic mass is 9.63. The van der Waals surface area contributed by atoms with Gasteiger partial charge >= 0.3 is 5.97 Å².